The van der Waals surface area contributed by atoms with Gasteiger partial charge in [-0.05, 0) is 18.1 Å². The summed E-state index contributed by atoms with van der Waals surface area (Å²) in [6.45, 7) is 2.35. The molecule has 0 aliphatic heterocycles. The maximum absolute atomic E-state index is 5.63. The number of ether oxygens (including phenoxy) is 1. The van der Waals surface area contributed by atoms with Crippen LogP contribution in [-0.2, 0) is 18.9 Å². The summed E-state index contributed by atoms with van der Waals surface area (Å²) in [5.41, 5.74) is 1.16. The van der Waals surface area contributed by atoms with Gasteiger partial charge in [-0.3, -0.25) is 0 Å². The van der Waals surface area contributed by atoms with Crippen LogP contribution < -0.4 is 4.74 Å². The first kappa shape index (κ1) is 11.9. The van der Waals surface area contributed by atoms with E-state index in [4.69, 9.17) is 20.8 Å². The Hall–Kier alpha value is -1.55. The molecule has 0 saturated heterocycles. The molecule has 5 heteroatoms. The van der Waals surface area contributed by atoms with Gasteiger partial charge in [0, 0.05) is 0 Å². The maximum Gasteiger partial charge on any atom is 0.253 e. The van der Waals surface area contributed by atoms with Crippen molar-refractivity contribution in [3.8, 4) is 5.75 Å². The Bertz CT molecular complexity index is 485. The molecule has 0 unspecified atom stereocenters. The summed E-state index contributed by atoms with van der Waals surface area (Å²) in [7, 11) is 0. The van der Waals surface area contributed by atoms with Crippen LogP contribution in [0.3, 0.4) is 0 Å². The second-order valence-corrected chi connectivity index (χ2v) is 3.74. The van der Waals surface area contributed by atoms with Gasteiger partial charge in [0.2, 0.25) is 5.89 Å². The summed E-state index contributed by atoms with van der Waals surface area (Å²) >= 11 is 5.57. The Labute approximate surface area is 105 Å². The normalized spacial score (nSPS) is 10.5. The molecule has 0 atom stereocenters. The number of rotatable bonds is 5. The predicted molar refractivity (Wildman–Crippen MR) is 64.0 cm³/mol. The molecule has 0 spiro atoms. The van der Waals surface area contributed by atoms with Crippen molar-refractivity contribution in [1.82, 2.24) is 10.2 Å². The number of aryl methyl sites for hydroxylation is 1. The Balaban J connectivity index is 2.01. The minimum Gasteiger partial charge on any atom is -0.484 e. The number of benzene rings is 1. The first-order valence-electron chi connectivity index (χ1n) is 5.41. The third-order valence-electron chi connectivity index (χ3n) is 2.33. The fourth-order valence-corrected chi connectivity index (χ4v) is 1.58. The lowest BCUT2D eigenvalue weighted by Crippen LogP contribution is -1.98. The van der Waals surface area contributed by atoms with Crippen molar-refractivity contribution in [3.05, 3.63) is 41.6 Å². The summed E-state index contributed by atoms with van der Waals surface area (Å²) in [5, 5.41) is 7.59. The van der Waals surface area contributed by atoms with E-state index in [9.17, 15) is 0 Å². The third-order valence-corrected chi connectivity index (χ3v) is 2.56. The van der Waals surface area contributed by atoms with Gasteiger partial charge < -0.3 is 9.15 Å². The van der Waals surface area contributed by atoms with Gasteiger partial charge in [-0.25, -0.2) is 0 Å². The van der Waals surface area contributed by atoms with Crippen LogP contribution >= 0.6 is 11.6 Å². The van der Waals surface area contributed by atoms with Crippen LogP contribution in [0.1, 0.15) is 24.3 Å². The molecule has 0 radical (unpaired) electrons. The van der Waals surface area contributed by atoms with Gasteiger partial charge in [-0.2, -0.15) is 0 Å². The van der Waals surface area contributed by atoms with E-state index < -0.39 is 0 Å². The molecule has 0 amide bonds. The second kappa shape index (κ2) is 5.68. The molecule has 0 N–H and O–H groups in total. The molecule has 0 saturated carbocycles. The standard InChI is InChI=1S/C12H13ClN2O2/c1-2-9-5-3-4-6-10(9)16-8-12-15-14-11(7-13)17-12/h3-6H,2,7-8H2,1H3. The fraction of sp³-hybridized carbons (Fsp3) is 0.333. The Kier molecular flexibility index (Phi) is 3.98. The van der Waals surface area contributed by atoms with E-state index >= 15 is 0 Å². The first-order valence-corrected chi connectivity index (χ1v) is 5.95. The highest BCUT2D eigenvalue weighted by Gasteiger charge is 2.07. The Morgan fingerprint density at radius 3 is 2.71 bits per heavy atom. The predicted octanol–water partition coefficient (Wildman–Crippen LogP) is 2.95. The van der Waals surface area contributed by atoms with Gasteiger partial charge in [0.05, 0.1) is 0 Å². The topological polar surface area (TPSA) is 48.2 Å². The van der Waals surface area contributed by atoms with Gasteiger partial charge >= 0.3 is 0 Å². The molecular weight excluding hydrogens is 240 g/mol. The first-order chi connectivity index (χ1) is 8.33. The highest BCUT2D eigenvalue weighted by Crippen LogP contribution is 2.19. The van der Waals surface area contributed by atoms with Gasteiger partial charge in [0.1, 0.15) is 11.6 Å². The summed E-state index contributed by atoms with van der Waals surface area (Å²) in [6.07, 6.45) is 0.924. The van der Waals surface area contributed by atoms with Crippen molar-refractivity contribution in [2.75, 3.05) is 0 Å². The molecule has 17 heavy (non-hydrogen) atoms. The summed E-state index contributed by atoms with van der Waals surface area (Å²) in [6, 6.07) is 7.89. The van der Waals surface area contributed by atoms with E-state index in [1.807, 2.05) is 24.3 Å². The number of nitrogens with zero attached hydrogens (tertiary/aromatic N) is 2. The zero-order valence-corrected chi connectivity index (χ0v) is 10.3. The smallest absolute Gasteiger partial charge is 0.253 e. The summed E-state index contributed by atoms with van der Waals surface area (Å²) < 4.78 is 10.9. The van der Waals surface area contributed by atoms with Crippen LogP contribution in [0.4, 0.5) is 0 Å². The Morgan fingerprint density at radius 2 is 2.00 bits per heavy atom. The largest absolute Gasteiger partial charge is 0.484 e. The van der Waals surface area contributed by atoms with Crippen LogP contribution in [0.2, 0.25) is 0 Å². The van der Waals surface area contributed by atoms with E-state index in [-0.39, 0.29) is 12.5 Å². The molecule has 4 nitrogen and oxygen atoms in total. The van der Waals surface area contributed by atoms with Gasteiger partial charge in [-0.15, -0.1) is 21.8 Å². The minimum atomic E-state index is 0.221. The SMILES string of the molecule is CCc1ccccc1OCc1nnc(CCl)o1. The number of hydrogen-bond donors (Lipinski definition) is 0. The van der Waals surface area contributed by atoms with Crippen LogP contribution in [-0.4, -0.2) is 10.2 Å². The van der Waals surface area contributed by atoms with E-state index in [2.05, 4.69) is 17.1 Å². The molecule has 0 aliphatic rings. The molecule has 0 fully saturated rings. The van der Waals surface area contributed by atoms with Crippen LogP contribution in [0.15, 0.2) is 28.7 Å². The van der Waals surface area contributed by atoms with Crippen molar-refractivity contribution in [3.63, 3.8) is 0 Å². The molecule has 1 heterocycles. The van der Waals surface area contributed by atoms with Crippen molar-refractivity contribution < 1.29 is 9.15 Å². The summed E-state index contributed by atoms with van der Waals surface area (Å²) in [5.74, 6) is 1.92. The zero-order chi connectivity index (χ0) is 12.1. The highest BCUT2D eigenvalue weighted by molar-refractivity contribution is 6.16. The molecule has 0 bridgehead atoms. The molecule has 2 rings (SSSR count). The average molecular weight is 253 g/mol. The number of alkyl halides is 1. The molecule has 2 aromatic rings. The van der Waals surface area contributed by atoms with E-state index in [1.165, 1.54) is 0 Å². The number of hydrogen-bond acceptors (Lipinski definition) is 4. The van der Waals surface area contributed by atoms with E-state index in [1.54, 1.807) is 0 Å². The number of halogens is 1. The lowest BCUT2D eigenvalue weighted by atomic mass is 10.1. The van der Waals surface area contributed by atoms with Crippen molar-refractivity contribution in [1.29, 1.82) is 0 Å². The lowest BCUT2D eigenvalue weighted by molar-refractivity contribution is 0.258. The molecule has 0 aliphatic carbocycles. The fourth-order valence-electron chi connectivity index (χ4n) is 1.48. The van der Waals surface area contributed by atoms with Crippen molar-refractivity contribution in [2.45, 2.75) is 25.8 Å². The monoisotopic (exact) mass is 252 g/mol. The summed E-state index contributed by atoms with van der Waals surface area (Å²) in [4.78, 5) is 0. The molecular formula is C12H13ClN2O2. The van der Waals surface area contributed by atoms with E-state index in [0.29, 0.717) is 11.8 Å². The van der Waals surface area contributed by atoms with Gasteiger partial charge in [-0.1, -0.05) is 25.1 Å². The minimum absolute atomic E-state index is 0.221. The Morgan fingerprint density at radius 1 is 1.24 bits per heavy atom. The van der Waals surface area contributed by atoms with E-state index in [0.717, 1.165) is 17.7 Å². The average Bonchev–Trinajstić information content (AvgIpc) is 2.84. The van der Waals surface area contributed by atoms with Gasteiger partial charge in [0.25, 0.3) is 5.89 Å². The second-order valence-electron chi connectivity index (χ2n) is 3.47. The van der Waals surface area contributed by atoms with Crippen molar-refractivity contribution in [2.24, 2.45) is 0 Å². The van der Waals surface area contributed by atoms with Crippen molar-refractivity contribution >= 4 is 11.6 Å². The van der Waals surface area contributed by atoms with Crippen LogP contribution in [0, 0.1) is 0 Å². The third kappa shape index (κ3) is 2.97. The van der Waals surface area contributed by atoms with Crippen LogP contribution in [0.5, 0.6) is 5.75 Å². The number of para-hydroxylation sites is 1. The van der Waals surface area contributed by atoms with Crippen LogP contribution in [0.25, 0.3) is 0 Å². The quantitative estimate of drug-likeness (QED) is 0.768. The maximum atomic E-state index is 5.63. The molecule has 1 aromatic heterocycles. The number of aromatic nitrogens is 2. The molecule has 90 valence electrons. The van der Waals surface area contributed by atoms with Gasteiger partial charge in [0.15, 0.2) is 6.61 Å². The zero-order valence-electron chi connectivity index (χ0n) is 9.52. The molecule has 1 aromatic carbocycles. The lowest BCUT2D eigenvalue weighted by Gasteiger charge is -2.07. The highest BCUT2D eigenvalue weighted by atomic mass is 35.5.